The number of anilines is 1. The lowest BCUT2D eigenvalue weighted by Crippen LogP contribution is -2.48. The molecule has 14 heteroatoms. The van der Waals surface area contributed by atoms with Crippen molar-refractivity contribution in [2.24, 2.45) is 0 Å². The van der Waals surface area contributed by atoms with Gasteiger partial charge in [0, 0.05) is 55.7 Å². The van der Waals surface area contributed by atoms with Crippen LogP contribution in [0.5, 0.6) is 5.75 Å². The lowest BCUT2D eigenvalue weighted by atomic mass is 10.1. The number of piperazine rings is 1. The van der Waals surface area contributed by atoms with Gasteiger partial charge in [0.15, 0.2) is 0 Å². The summed E-state index contributed by atoms with van der Waals surface area (Å²) in [5, 5.41) is 2.40. The largest absolute Gasteiger partial charge is 0.451 e. The summed E-state index contributed by atoms with van der Waals surface area (Å²) in [5.74, 6) is -2.73. The van der Waals surface area contributed by atoms with Crippen LogP contribution >= 0.6 is 11.5 Å². The molecule has 0 aliphatic carbocycles. The first-order valence-corrected chi connectivity index (χ1v) is 12.1. The van der Waals surface area contributed by atoms with Crippen LogP contribution in [0.25, 0.3) is 11.3 Å². The first kappa shape index (κ1) is 26.9. The van der Waals surface area contributed by atoms with E-state index in [9.17, 15) is 26.7 Å². The summed E-state index contributed by atoms with van der Waals surface area (Å²) in [6.07, 6.45) is -4.46. The molecule has 4 rings (SSSR count). The van der Waals surface area contributed by atoms with Crippen molar-refractivity contribution in [2.75, 3.05) is 38.5 Å². The molecule has 0 radical (unpaired) electrons. The highest BCUT2D eigenvalue weighted by Crippen LogP contribution is 2.38. The monoisotopic (exact) mass is 545 g/mol. The van der Waals surface area contributed by atoms with Gasteiger partial charge in [-0.05, 0) is 32.2 Å². The number of hydrogen-bond acceptors (Lipinski definition) is 8. The summed E-state index contributed by atoms with van der Waals surface area (Å²) in [4.78, 5) is 21.6. The van der Waals surface area contributed by atoms with Crippen molar-refractivity contribution in [3.05, 3.63) is 47.5 Å². The first-order chi connectivity index (χ1) is 17.5. The predicted octanol–water partition coefficient (Wildman–Crippen LogP) is 4.85. The molecule has 8 nitrogen and oxygen atoms in total. The van der Waals surface area contributed by atoms with Crippen molar-refractivity contribution in [3.8, 4) is 17.1 Å². The molecule has 1 unspecified atom stereocenters. The van der Waals surface area contributed by atoms with Crippen LogP contribution in [0, 0.1) is 0 Å². The summed E-state index contributed by atoms with van der Waals surface area (Å²) >= 11 is 0.866. The van der Waals surface area contributed by atoms with Gasteiger partial charge in [-0.2, -0.15) is 26.3 Å². The van der Waals surface area contributed by atoms with E-state index in [1.807, 2.05) is 0 Å². The maximum atomic E-state index is 13.6. The van der Waals surface area contributed by atoms with Crippen LogP contribution < -0.4 is 10.1 Å². The number of nitrogens with zero attached hydrogens (tertiary/aromatic N) is 4. The van der Waals surface area contributed by atoms with Crippen LogP contribution in [0.4, 0.5) is 27.1 Å². The Balaban J connectivity index is 1.49. The topological polar surface area (TPSA) is 83.7 Å². The fourth-order valence-electron chi connectivity index (χ4n) is 3.95. The summed E-state index contributed by atoms with van der Waals surface area (Å²) in [5.41, 5.74) is -0.746. The van der Waals surface area contributed by atoms with Gasteiger partial charge < -0.3 is 14.1 Å². The fraction of sp³-hybridized carbons (Fsp3) is 0.435. The van der Waals surface area contributed by atoms with E-state index in [0.717, 1.165) is 49.8 Å². The molecule has 1 fully saturated rings. The molecule has 0 bridgehead atoms. The van der Waals surface area contributed by atoms with Crippen LogP contribution in [0.15, 0.2) is 34.7 Å². The molecule has 1 aliphatic heterocycles. The minimum Gasteiger partial charge on any atom is -0.451 e. The zero-order valence-electron chi connectivity index (χ0n) is 19.9. The zero-order valence-corrected chi connectivity index (χ0v) is 20.7. The van der Waals surface area contributed by atoms with Gasteiger partial charge in [-0.25, -0.2) is 4.98 Å². The number of halogens is 5. The number of furan rings is 1. The molecule has 3 aromatic rings. The van der Waals surface area contributed by atoms with Crippen molar-refractivity contribution < 1.29 is 35.9 Å². The fourth-order valence-corrected chi connectivity index (χ4v) is 4.54. The second-order valence-corrected chi connectivity index (χ2v) is 9.37. The Kier molecular flexibility index (Phi) is 8.09. The Morgan fingerprint density at radius 2 is 1.95 bits per heavy atom. The Hall–Kier alpha value is -3.10. The molecule has 0 saturated carbocycles. The van der Waals surface area contributed by atoms with E-state index in [-0.39, 0.29) is 28.2 Å². The van der Waals surface area contributed by atoms with E-state index in [1.54, 1.807) is 0 Å². The number of aromatic nitrogens is 2. The van der Waals surface area contributed by atoms with Gasteiger partial charge in [0.2, 0.25) is 10.9 Å². The molecule has 0 spiro atoms. The second-order valence-electron chi connectivity index (χ2n) is 8.62. The lowest BCUT2D eigenvalue weighted by molar-refractivity contribution is -0.153. The number of hydrogen-bond donors (Lipinski definition) is 1. The Bertz CT molecular complexity index is 1220. The smallest absolute Gasteiger partial charge is 0.450 e. The molecule has 2 aromatic heterocycles. The van der Waals surface area contributed by atoms with E-state index in [1.165, 1.54) is 18.2 Å². The van der Waals surface area contributed by atoms with Gasteiger partial charge >= 0.3 is 12.8 Å². The number of likely N-dealkylation sites (N-methyl/N-ethyl adjacent to an activating group) is 1. The molecule has 3 heterocycles. The van der Waals surface area contributed by atoms with Crippen molar-refractivity contribution in [2.45, 2.75) is 32.2 Å². The van der Waals surface area contributed by atoms with E-state index in [0.29, 0.717) is 12.2 Å². The molecular weight excluding hydrogens is 521 g/mol. The average Bonchev–Trinajstić information content (AvgIpc) is 3.46. The number of amides is 1. The van der Waals surface area contributed by atoms with Crippen LogP contribution in [0.2, 0.25) is 0 Å². The van der Waals surface area contributed by atoms with E-state index >= 15 is 0 Å². The average molecular weight is 546 g/mol. The number of carbonyl (C=O) groups is 1. The SMILES string of the molecule is CC(Cc1nsc(NC(=O)c2cc(-c3cccc(OC(F)F)c3)oc2C(F)(F)F)n1)N1CCN(C)CC1. The number of carbonyl (C=O) groups excluding carboxylic acids is 1. The lowest BCUT2D eigenvalue weighted by Gasteiger charge is -2.36. The van der Waals surface area contributed by atoms with Gasteiger partial charge in [-0.1, -0.05) is 12.1 Å². The normalized spacial score (nSPS) is 16.2. The number of benzene rings is 1. The number of ether oxygens (including phenoxy) is 1. The van der Waals surface area contributed by atoms with Crippen molar-refractivity contribution in [1.82, 2.24) is 19.2 Å². The van der Waals surface area contributed by atoms with Crippen LogP contribution in [0.1, 0.15) is 28.9 Å². The molecule has 37 heavy (non-hydrogen) atoms. The minimum atomic E-state index is -4.98. The third-order valence-electron chi connectivity index (χ3n) is 5.91. The van der Waals surface area contributed by atoms with Crippen molar-refractivity contribution >= 4 is 22.6 Å². The van der Waals surface area contributed by atoms with Crippen molar-refractivity contribution in [3.63, 3.8) is 0 Å². The minimum absolute atomic E-state index is 0.0267. The summed E-state index contributed by atoms with van der Waals surface area (Å²) in [7, 11) is 2.06. The Morgan fingerprint density at radius 3 is 2.62 bits per heavy atom. The van der Waals surface area contributed by atoms with Gasteiger partial charge in [0.25, 0.3) is 5.91 Å². The number of alkyl halides is 5. The summed E-state index contributed by atoms with van der Waals surface area (Å²) in [6, 6.07) is 6.02. The zero-order chi connectivity index (χ0) is 26.7. The van der Waals surface area contributed by atoms with E-state index in [2.05, 4.69) is 43.2 Å². The van der Waals surface area contributed by atoms with Gasteiger partial charge in [0.05, 0.1) is 5.56 Å². The van der Waals surface area contributed by atoms with Crippen LogP contribution in [-0.4, -0.2) is 70.9 Å². The van der Waals surface area contributed by atoms with E-state index < -0.39 is 30.0 Å². The van der Waals surface area contributed by atoms with E-state index in [4.69, 9.17) is 4.42 Å². The van der Waals surface area contributed by atoms with Gasteiger partial charge in [-0.3, -0.25) is 15.0 Å². The maximum absolute atomic E-state index is 13.6. The molecule has 1 aromatic carbocycles. The molecule has 1 atom stereocenters. The highest BCUT2D eigenvalue weighted by Gasteiger charge is 2.41. The molecule has 1 amide bonds. The van der Waals surface area contributed by atoms with Gasteiger partial charge in [-0.15, -0.1) is 0 Å². The first-order valence-electron chi connectivity index (χ1n) is 11.3. The molecule has 200 valence electrons. The molecule has 1 saturated heterocycles. The predicted molar refractivity (Wildman–Crippen MR) is 126 cm³/mol. The maximum Gasteiger partial charge on any atom is 0.450 e. The third kappa shape index (κ3) is 6.81. The second kappa shape index (κ2) is 11.1. The summed E-state index contributed by atoms with van der Waals surface area (Å²) in [6.45, 7) is 2.66. The Morgan fingerprint density at radius 1 is 1.22 bits per heavy atom. The quantitative estimate of drug-likeness (QED) is 0.405. The third-order valence-corrected chi connectivity index (χ3v) is 6.57. The van der Waals surface area contributed by atoms with Crippen molar-refractivity contribution in [1.29, 1.82) is 0 Å². The standard InChI is InChI=1S/C23H24F5N5O3S/c1-13(33-8-6-32(2)7-9-33)10-18-29-22(37-31-18)30-20(34)16-12-17(36-19(16)23(26,27)28)14-4-3-5-15(11-14)35-21(24)25/h3-5,11-13,21H,6-10H2,1-2H3,(H,29,30,31,34). The highest BCUT2D eigenvalue weighted by molar-refractivity contribution is 7.09. The number of nitrogens with one attached hydrogen (secondary N) is 1. The van der Waals surface area contributed by atoms with Crippen LogP contribution in [0.3, 0.4) is 0 Å². The molecule has 1 N–H and O–H groups in total. The van der Waals surface area contributed by atoms with Crippen LogP contribution in [-0.2, 0) is 12.6 Å². The number of rotatable bonds is 8. The highest BCUT2D eigenvalue weighted by atomic mass is 32.1. The Labute approximate surface area is 213 Å². The summed E-state index contributed by atoms with van der Waals surface area (Å²) < 4.78 is 79.4. The van der Waals surface area contributed by atoms with Gasteiger partial charge in [0.1, 0.15) is 17.3 Å². The molecular formula is C23H24F5N5O3S. The molecule has 1 aliphatic rings.